The van der Waals surface area contributed by atoms with E-state index in [1.165, 1.54) is 0 Å². The Bertz CT molecular complexity index is 1920. The van der Waals surface area contributed by atoms with Crippen molar-refractivity contribution in [3.63, 3.8) is 0 Å². The van der Waals surface area contributed by atoms with E-state index in [0.717, 1.165) is 0 Å². The maximum atomic E-state index is 13.7. The first-order chi connectivity index (χ1) is 19.7. The minimum atomic E-state index is -0.206. The fourth-order valence-corrected chi connectivity index (χ4v) is 4.91. The number of hydrogen-bond donors (Lipinski definition) is 0. The van der Waals surface area contributed by atoms with Crippen LogP contribution >= 0.6 is 0 Å². The Hall–Kier alpha value is -4.53. The smallest absolute Gasteiger partial charge is 1.00 e. The first-order valence-corrected chi connectivity index (χ1v) is 12.8. The predicted octanol–water partition coefficient (Wildman–Crippen LogP) is 0.498. The molecule has 43 heavy (non-hydrogen) atoms. The molecule has 0 N–H and O–H groups in total. The van der Waals surface area contributed by atoms with Gasteiger partial charge in [-0.1, -0.05) is 66.7 Å². The van der Waals surface area contributed by atoms with Crippen molar-refractivity contribution in [3.05, 3.63) is 139 Å². The Balaban J connectivity index is 0.00000141. The molecule has 3 aromatic heterocycles. The largest absolute Gasteiger partial charge is 2.00 e. The molecule has 0 saturated heterocycles. The number of imidazole rings is 2. The fraction of sp³-hybridized carbons (Fsp3) is 0. The average Bonchev–Trinajstić information content (AvgIpc) is 3.61. The second kappa shape index (κ2) is 13.2. The summed E-state index contributed by atoms with van der Waals surface area (Å²) in [6.45, 7) is 0. The topological polar surface area (TPSA) is 82.7 Å². The maximum Gasteiger partial charge on any atom is 2.00 e. The molecule has 0 aliphatic heterocycles. The van der Waals surface area contributed by atoms with Gasteiger partial charge in [-0.2, -0.15) is 0 Å². The number of pyridine rings is 1. The van der Waals surface area contributed by atoms with E-state index in [1.54, 1.807) is 33.4 Å². The molecule has 0 atom stereocenters. The van der Waals surface area contributed by atoms with E-state index < -0.39 is 0 Å². The van der Waals surface area contributed by atoms with E-state index in [-0.39, 0.29) is 55.2 Å². The fourth-order valence-electron chi connectivity index (χ4n) is 4.91. The summed E-state index contributed by atoms with van der Waals surface area (Å²) in [6, 6.07) is 38.7. The van der Waals surface area contributed by atoms with Gasteiger partial charge in [-0.25, -0.2) is 15.0 Å². The molecule has 0 aliphatic carbocycles. The van der Waals surface area contributed by atoms with Crippen molar-refractivity contribution in [2.75, 3.05) is 0 Å². The number of aromatic nitrogens is 5. The van der Waals surface area contributed by atoms with Gasteiger partial charge in [-0.15, -0.1) is 0 Å². The molecule has 0 saturated carbocycles. The molecule has 4 aromatic carbocycles. The third kappa shape index (κ3) is 5.64. The van der Waals surface area contributed by atoms with Crippen LogP contribution in [-0.2, 0) is 18.6 Å². The Morgan fingerprint density at radius 1 is 0.442 bits per heavy atom. The number of benzene rings is 4. The van der Waals surface area contributed by atoms with Crippen LogP contribution in [0.1, 0.15) is 20.7 Å². The Labute approximate surface area is 271 Å². The molecular weight excluding hydrogens is 620 g/mol. The normalized spacial score (nSPS) is 10.4. The third-order valence-electron chi connectivity index (χ3n) is 6.78. The van der Waals surface area contributed by atoms with Gasteiger partial charge in [-0.3, -0.25) is 18.7 Å². The zero-order chi connectivity index (χ0) is 27.1. The monoisotopic (exact) mass is 640 g/mol. The van der Waals surface area contributed by atoms with Gasteiger partial charge in [0.2, 0.25) is 0 Å². The quantitative estimate of drug-likeness (QED) is 0.280. The van der Waals surface area contributed by atoms with Crippen LogP contribution in [0.15, 0.2) is 127 Å². The Kier molecular flexibility index (Phi) is 9.64. The zero-order valence-electron chi connectivity index (χ0n) is 22.4. The number of carbonyl (C=O) groups excluding carboxylic acids is 2. The van der Waals surface area contributed by atoms with Crippen molar-refractivity contribution < 1.29 is 53.0 Å². The predicted molar refractivity (Wildman–Crippen MR) is 154 cm³/mol. The van der Waals surface area contributed by atoms with Crippen LogP contribution in [0, 0.1) is 0 Å². The van der Waals surface area contributed by atoms with Crippen LogP contribution in [0.3, 0.4) is 0 Å². The van der Waals surface area contributed by atoms with Gasteiger partial charge in [0, 0.05) is 11.1 Å². The molecule has 10 heteroatoms. The molecule has 209 valence electrons. The number of carbonyl (C=O) groups is 2. The number of rotatable bonds is 4. The SMILES string of the molecule is O=C(c1ccccc1)n1c(-c2cccc(-c3nc4ccccc4n3C(=O)c3ccccc3)n2)nc2ccccc21.[Cl-].[Cl-].[V+2]. The second-order valence-electron chi connectivity index (χ2n) is 9.27. The van der Waals surface area contributed by atoms with E-state index in [0.29, 0.717) is 56.2 Å². The Morgan fingerprint density at radius 2 is 0.814 bits per heavy atom. The summed E-state index contributed by atoms with van der Waals surface area (Å²) >= 11 is 0. The number of fused-ring (bicyclic) bond motifs is 2. The van der Waals surface area contributed by atoms with Gasteiger partial charge in [0.1, 0.15) is 11.4 Å². The first-order valence-electron chi connectivity index (χ1n) is 12.8. The molecule has 0 fully saturated rings. The van der Waals surface area contributed by atoms with Crippen molar-refractivity contribution in [1.29, 1.82) is 0 Å². The van der Waals surface area contributed by atoms with E-state index in [1.807, 2.05) is 103 Å². The number of hydrogen-bond acceptors (Lipinski definition) is 5. The summed E-state index contributed by atoms with van der Waals surface area (Å²) in [4.78, 5) is 41.9. The van der Waals surface area contributed by atoms with Crippen LogP contribution in [0.4, 0.5) is 0 Å². The minimum Gasteiger partial charge on any atom is -1.00 e. The van der Waals surface area contributed by atoms with E-state index in [9.17, 15) is 9.59 Å². The summed E-state index contributed by atoms with van der Waals surface area (Å²) in [5.74, 6) is 0.411. The molecule has 0 unspecified atom stereocenters. The van der Waals surface area contributed by atoms with Crippen molar-refractivity contribution in [2.24, 2.45) is 0 Å². The van der Waals surface area contributed by atoms with Crippen LogP contribution < -0.4 is 24.8 Å². The standard InChI is InChI=1S/C33H21N5O2.2ClH.V/c39-32(22-12-3-1-4-13-22)37-28-20-9-7-16-24(28)35-30(37)26-18-11-19-27(34-26)31-36-25-17-8-10-21-29(25)38(31)33(40)23-14-5-2-6-15-23;;;/h1-21H;2*1H;/q;;;+2/p-2. The van der Waals surface area contributed by atoms with Gasteiger partial charge in [0.25, 0.3) is 11.8 Å². The van der Waals surface area contributed by atoms with Crippen molar-refractivity contribution in [3.8, 4) is 23.0 Å². The van der Waals surface area contributed by atoms with E-state index in [2.05, 4.69) is 0 Å². The van der Waals surface area contributed by atoms with Gasteiger partial charge >= 0.3 is 18.6 Å². The van der Waals surface area contributed by atoms with Crippen molar-refractivity contribution in [2.45, 2.75) is 0 Å². The summed E-state index contributed by atoms with van der Waals surface area (Å²) in [6.07, 6.45) is 0. The van der Waals surface area contributed by atoms with Crippen LogP contribution in [0.5, 0.6) is 0 Å². The molecule has 0 spiro atoms. The summed E-state index contributed by atoms with van der Waals surface area (Å²) in [5, 5.41) is 0. The summed E-state index contributed by atoms with van der Waals surface area (Å²) in [5.41, 5.74) is 4.79. The average molecular weight is 641 g/mol. The molecule has 3 heterocycles. The van der Waals surface area contributed by atoms with Gasteiger partial charge in [0.05, 0.1) is 22.1 Å². The third-order valence-corrected chi connectivity index (χ3v) is 6.78. The summed E-state index contributed by atoms with van der Waals surface area (Å²) < 4.78 is 3.18. The summed E-state index contributed by atoms with van der Waals surface area (Å²) in [7, 11) is 0. The number of para-hydroxylation sites is 4. The maximum absolute atomic E-state index is 13.7. The molecule has 0 bridgehead atoms. The Morgan fingerprint density at radius 3 is 1.23 bits per heavy atom. The molecule has 0 amide bonds. The van der Waals surface area contributed by atoms with Gasteiger partial charge < -0.3 is 24.8 Å². The van der Waals surface area contributed by atoms with Crippen molar-refractivity contribution >= 4 is 33.9 Å². The molecular formula is C33H21Cl2N5O2V. The van der Waals surface area contributed by atoms with Crippen LogP contribution in [-0.4, -0.2) is 35.9 Å². The molecule has 7 aromatic rings. The number of halogens is 2. The van der Waals surface area contributed by atoms with Gasteiger partial charge in [0.15, 0.2) is 11.6 Å². The van der Waals surface area contributed by atoms with E-state index >= 15 is 0 Å². The number of nitrogens with zero attached hydrogens (tertiary/aromatic N) is 5. The second-order valence-corrected chi connectivity index (χ2v) is 9.27. The van der Waals surface area contributed by atoms with Crippen LogP contribution in [0.2, 0.25) is 0 Å². The zero-order valence-corrected chi connectivity index (χ0v) is 25.3. The van der Waals surface area contributed by atoms with Crippen LogP contribution in [0.25, 0.3) is 45.1 Å². The van der Waals surface area contributed by atoms with E-state index in [4.69, 9.17) is 15.0 Å². The van der Waals surface area contributed by atoms with Gasteiger partial charge in [-0.05, 0) is 60.7 Å². The minimum absolute atomic E-state index is 0. The molecule has 0 aliphatic rings. The molecule has 1 radical (unpaired) electrons. The first kappa shape index (κ1) is 31.4. The molecule has 7 nitrogen and oxygen atoms in total. The molecule has 7 rings (SSSR count). The van der Waals surface area contributed by atoms with Crippen molar-refractivity contribution in [1.82, 2.24) is 24.1 Å².